The highest BCUT2D eigenvalue weighted by molar-refractivity contribution is 5.86. The van der Waals surface area contributed by atoms with Crippen LogP contribution in [0.2, 0.25) is 0 Å². The number of benzene rings is 1. The lowest BCUT2D eigenvalue weighted by atomic mass is 9.80. The summed E-state index contributed by atoms with van der Waals surface area (Å²) >= 11 is 0. The van der Waals surface area contributed by atoms with Crippen LogP contribution < -0.4 is 0 Å². The maximum atomic E-state index is 13.9. The molecule has 0 bridgehead atoms. The Balaban J connectivity index is 1.44. The van der Waals surface area contributed by atoms with Gasteiger partial charge < -0.3 is 29.3 Å². The molecule has 218 valence electrons. The number of carbonyl (C=O) groups excluding carboxylic acids is 1. The molecule has 1 aromatic heterocycles. The number of oxime groups is 1. The van der Waals surface area contributed by atoms with Crippen LogP contribution in [0, 0.1) is 17.5 Å². The van der Waals surface area contributed by atoms with Gasteiger partial charge in [-0.1, -0.05) is 16.8 Å². The number of aliphatic hydroxyl groups is 2. The van der Waals surface area contributed by atoms with Gasteiger partial charge in [0.15, 0.2) is 17.5 Å². The third kappa shape index (κ3) is 5.71. The van der Waals surface area contributed by atoms with E-state index in [1.54, 1.807) is 0 Å². The largest absolute Gasteiger partial charge is 0.467 e. The summed E-state index contributed by atoms with van der Waals surface area (Å²) in [5, 5.41) is 33.4. The Morgan fingerprint density at radius 1 is 1.18 bits per heavy atom. The van der Waals surface area contributed by atoms with Crippen molar-refractivity contribution in [1.82, 2.24) is 15.0 Å². The Morgan fingerprint density at radius 3 is 2.58 bits per heavy atom. The predicted octanol–water partition coefficient (Wildman–Crippen LogP) is 2.45. The van der Waals surface area contributed by atoms with E-state index in [2.05, 4.69) is 15.5 Å². The summed E-state index contributed by atoms with van der Waals surface area (Å²) in [6.07, 6.45) is 2.88. The van der Waals surface area contributed by atoms with Crippen LogP contribution in [0.5, 0.6) is 0 Å². The van der Waals surface area contributed by atoms with Gasteiger partial charge in [-0.2, -0.15) is 0 Å². The third-order valence-corrected chi connectivity index (χ3v) is 7.78. The number of methoxy groups -OCH3 is 1. The number of ether oxygens (including phenoxy) is 3. The molecule has 2 aliphatic heterocycles. The third-order valence-electron chi connectivity index (χ3n) is 7.78. The molecule has 3 heterocycles. The van der Waals surface area contributed by atoms with Crippen LogP contribution >= 0.6 is 0 Å². The molecule has 1 aromatic carbocycles. The summed E-state index contributed by atoms with van der Waals surface area (Å²) in [6.45, 7) is -1.02. The van der Waals surface area contributed by atoms with E-state index in [9.17, 15) is 28.2 Å². The normalized spacial score (nSPS) is 27.9. The summed E-state index contributed by atoms with van der Waals surface area (Å²) in [5.74, 6) is -5.08. The number of aromatic nitrogens is 3. The van der Waals surface area contributed by atoms with Gasteiger partial charge in [0.2, 0.25) is 0 Å². The molecule has 2 N–H and O–H groups in total. The lowest BCUT2D eigenvalue weighted by Gasteiger charge is -2.44. The molecule has 5 rings (SSSR count). The molecule has 1 spiro atoms. The zero-order valence-electron chi connectivity index (χ0n) is 21.8. The van der Waals surface area contributed by atoms with Crippen molar-refractivity contribution >= 4 is 11.7 Å². The lowest BCUT2D eigenvalue weighted by Crippen LogP contribution is -2.57. The molecule has 11 nitrogen and oxygen atoms in total. The van der Waals surface area contributed by atoms with E-state index in [1.807, 2.05) is 0 Å². The fraction of sp³-hybridized carbons (Fsp3) is 0.615. The van der Waals surface area contributed by atoms with Crippen molar-refractivity contribution < 1.29 is 47.2 Å². The van der Waals surface area contributed by atoms with Crippen molar-refractivity contribution in [3.8, 4) is 11.3 Å². The van der Waals surface area contributed by atoms with Gasteiger partial charge in [-0.25, -0.2) is 22.6 Å². The molecule has 0 radical (unpaired) electrons. The molecule has 2 aromatic rings. The van der Waals surface area contributed by atoms with E-state index in [0.717, 1.165) is 49.9 Å². The van der Waals surface area contributed by atoms with Crippen molar-refractivity contribution in [3.05, 3.63) is 35.8 Å². The minimum Gasteiger partial charge on any atom is -0.467 e. The summed E-state index contributed by atoms with van der Waals surface area (Å²) in [6, 6.07) is 0.497. The number of aliphatic hydroxyl groups excluding tert-OH is 2. The first kappa shape index (κ1) is 28.5. The first-order valence-corrected chi connectivity index (χ1v) is 13.2. The van der Waals surface area contributed by atoms with Gasteiger partial charge in [-0.3, -0.25) is 0 Å². The average Bonchev–Trinajstić information content (AvgIpc) is 3.59. The maximum absolute atomic E-state index is 13.9. The molecule has 14 heteroatoms. The average molecular weight is 569 g/mol. The number of hydrogen-bond acceptors (Lipinski definition) is 10. The summed E-state index contributed by atoms with van der Waals surface area (Å²) < 4.78 is 59.0. The number of esters is 1. The molecule has 1 saturated carbocycles. The van der Waals surface area contributed by atoms with E-state index in [-0.39, 0.29) is 23.3 Å². The molecular weight excluding hydrogens is 537 g/mol. The lowest BCUT2D eigenvalue weighted by molar-refractivity contribution is -0.218. The number of halogens is 3. The van der Waals surface area contributed by atoms with E-state index in [4.69, 9.17) is 19.0 Å². The molecule has 2 fully saturated rings. The monoisotopic (exact) mass is 568 g/mol. The van der Waals surface area contributed by atoms with Crippen molar-refractivity contribution in [2.45, 2.75) is 81.0 Å². The summed E-state index contributed by atoms with van der Waals surface area (Å²) in [5.41, 5.74) is 0.289. The summed E-state index contributed by atoms with van der Waals surface area (Å²) in [7, 11) is 1.20. The number of hydrogen-bond donors (Lipinski definition) is 2. The van der Waals surface area contributed by atoms with Gasteiger partial charge in [0, 0.05) is 18.4 Å². The number of rotatable bonds is 8. The van der Waals surface area contributed by atoms with Gasteiger partial charge >= 0.3 is 5.97 Å². The Labute approximate surface area is 227 Å². The molecule has 0 unspecified atom stereocenters. The predicted molar refractivity (Wildman–Crippen MR) is 131 cm³/mol. The topological polar surface area (TPSA) is 138 Å². The number of carbonyl (C=O) groups is 1. The molecule has 1 aliphatic carbocycles. The highest BCUT2D eigenvalue weighted by Crippen LogP contribution is 2.41. The van der Waals surface area contributed by atoms with Crippen LogP contribution in [0.4, 0.5) is 13.2 Å². The van der Waals surface area contributed by atoms with Crippen molar-refractivity contribution in [2.24, 2.45) is 5.16 Å². The zero-order chi connectivity index (χ0) is 28.4. The van der Waals surface area contributed by atoms with Crippen LogP contribution in [0.1, 0.15) is 51.0 Å². The smallest absolute Gasteiger partial charge is 0.331 e. The Kier molecular flexibility index (Phi) is 8.40. The molecule has 5 atom stereocenters. The van der Waals surface area contributed by atoms with Crippen molar-refractivity contribution in [2.75, 3.05) is 20.3 Å². The van der Waals surface area contributed by atoms with Gasteiger partial charge in [0.05, 0.1) is 31.7 Å². The zero-order valence-corrected chi connectivity index (χ0v) is 21.8. The van der Waals surface area contributed by atoms with E-state index >= 15 is 0 Å². The van der Waals surface area contributed by atoms with Crippen LogP contribution in [0.25, 0.3) is 11.3 Å². The highest BCUT2D eigenvalue weighted by atomic mass is 19.2. The Hall–Kier alpha value is -3.07. The van der Waals surface area contributed by atoms with Crippen LogP contribution in [0.3, 0.4) is 0 Å². The van der Waals surface area contributed by atoms with Crippen LogP contribution in [0.15, 0.2) is 23.5 Å². The standard InChI is InChI=1S/C26H31F3N4O7/c1-37-21(35)13-38-25-19(9-15-10-26(40-31-15)5-3-2-4-6-26)39-20(12-34)24(36)23(25)33-11-18(30-32-33)14-7-16(27)22(29)17(28)8-14/h7-8,11,19-20,23-25,34,36H,2-6,9-10,12-13H2,1H3/t19-,20-,23+,24+,25+/m1/s1. The minimum absolute atomic E-state index is 0.00637. The highest BCUT2D eigenvalue weighted by Gasteiger charge is 2.49. The van der Waals surface area contributed by atoms with Gasteiger partial charge in [0.25, 0.3) is 0 Å². The quantitative estimate of drug-likeness (QED) is 0.363. The molecular formula is C26H31F3N4O7. The minimum atomic E-state index is -1.62. The van der Waals surface area contributed by atoms with E-state index < -0.39 is 67.1 Å². The van der Waals surface area contributed by atoms with Crippen LogP contribution in [-0.4, -0.2) is 87.2 Å². The second-order valence-corrected chi connectivity index (χ2v) is 10.4. The van der Waals surface area contributed by atoms with E-state index in [1.165, 1.54) is 18.0 Å². The Bertz CT molecular complexity index is 1230. The van der Waals surface area contributed by atoms with Crippen molar-refractivity contribution in [1.29, 1.82) is 0 Å². The van der Waals surface area contributed by atoms with E-state index in [0.29, 0.717) is 6.42 Å². The maximum Gasteiger partial charge on any atom is 0.331 e. The summed E-state index contributed by atoms with van der Waals surface area (Å²) in [4.78, 5) is 17.8. The second-order valence-electron chi connectivity index (χ2n) is 10.4. The molecule has 0 amide bonds. The van der Waals surface area contributed by atoms with Gasteiger partial charge in [0.1, 0.15) is 42.3 Å². The second kappa shape index (κ2) is 11.8. The number of nitrogens with zero attached hydrogens (tertiary/aromatic N) is 4. The molecule has 1 saturated heterocycles. The van der Waals surface area contributed by atoms with Gasteiger partial charge in [-0.05, 0) is 37.8 Å². The molecule has 40 heavy (non-hydrogen) atoms. The Morgan fingerprint density at radius 2 is 1.90 bits per heavy atom. The molecule has 3 aliphatic rings. The van der Waals surface area contributed by atoms with Gasteiger partial charge in [-0.15, -0.1) is 5.10 Å². The SMILES string of the molecule is COC(=O)CO[C@@H]1[C@@H](n2cc(-c3cc(F)c(F)c(F)c3)nn2)[C@@H](O)[C@@H](CO)O[C@@H]1CC1=NOC2(CCCCC2)C1. The fourth-order valence-electron chi connectivity index (χ4n) is 5.73. The first-order valence-electron chi connectivity index (χ1n) is 13.2. The van der Waals surface area contributed by atoms with Crippen LogP contribution in [-0.2, 0) is 23.8 Å². The van der Waals surface area contributed by atoms with Crippen molar-refractivity contribution in [3.63, 3.8) is 0 Å². The fourth-order valence-corrected chi connectivity index (χ4v) is 5.73. The first-order chi connectivity index (χ1) is 19.2.